The van der Waals surface area contributed by atoms with Gasteiger partial charge in [-0.25, -0.2) is 0 Å². The van der Waals surface area contributed by atoms with Crippen LogP contribution in [0.1, 0.15) is 34.8 Å². The van der Waals surface area contributed by atoms with Gasteiger partial charge >= 0.3 is 0 Å². The first-order chi connectivity index (χ1) is 16.1. The summed E-state index contributed by atoms with van der Waals surface area (Å²) in [6.45, 7) is 4.90. The fourth-order valence-electron chi connectivity index (χ4n) is 3.53. The molecule has 0 spiro atoms. The lowest BCUT2D eigenvalue weighted by molar-refractivity contribution is 0.0795. The van der Waals surface area contributed by atoms with Crippen LogP contribution in [0.3, 0.4) is 0 Å². The van der Waals surface area contributed by atoms with Crippen molar-refractivity contribution in [1.82, 2.24) is 24.6 Å². The van der Waals surface area contributed by atoms with Gasteiger partial charge in [0.25, 0.3) is 5.91 Å². The highest BCUT2D eigenvalue weighted by Crippen LogP contribution is 2.29. The molecule has 0 atom stereocenters. The number of nitrogens with zero attached hydrogens (tertiary/aromatic N) is 5. The van der Waals surface area contributed by atoms with Crippen LogP contribution >= 0.6 is 11.8 Å². The van der Waals surface area contributed by atoms with Gasteiger partial charge in [-0.1, -0.05) is 48.5 Å². The minimum atomic E-state index is 0.0529. The molecule has 7 heteroatoms. The number of aromatic nitrogens is 4. The summed E-state index contributed by atoms with van der Waals surface area (Å²) in [6.07, 6.45) is 4.47. The number of carbonyl (C=O) groups is 1. The van der Waals surface area contributed by atoms with Gasteiger partial charge in [-0.05, 0) is 55.3 Å². The van der Waals surface area contributed by atoms with Gasteiger partial charge in [0.15, 0.2) is 11.0 Å². The lowest BCUT2D eigenvalue weighted by Crippen LogP contribution is -2.27. The van der Waals surface area contributed by atoms with Crippen LogP contribution in [-0.4, -0.2) is 44.1 Å². The molecule has 0 aliphatic rings. The van der Waals surface area contributed by atoms with Crippen LogP contribution in [0.25, 0.3) is 17.1 Å². The van der Waals surface area contributed by atoms with Crippen LogP contribution < -0.4 is 0 Å². The van der Waals surface area contributed by atoms with Crippen LogP contribution in [0.2, 0.25) is 0 Å². The first kappa shape index (κ1) is 22.7. The summed E-state index contributed by atoms with van der Waals surface area (Å²) in [5.74, 6) is 1.56. The summed E-state index contributed by atoms with van der Waals surface area (Å²) in [5, 5.41) is 9.79. The van der Waals surface area contributed by atoms with E-state index < -0.39 is 0 Å². The number of rotatable bonds is 8. The number of hydrogen-bond donors (Lipinski definition) is 0. The van der Waals surface area contributed by atoms with Gasteiger partial charge in [0.1, 0.15) is 0 Å². The van der Waals surface area contributed by atoms with Crippen molar-refractivity contribution in [2.75, 3.05) is 13.6 Å². The Bertz CT molecular complexity index is 1200. The zero-order valence-corrected chi connectivity index (χ0v) is 19.9. The molecule has 0 saturated carbocycles. The van der Waals surface area contributed by atoms with E-state index in [1.165, 1.54) is 5.56 Å². The maximum Gasteiger partial charge on any atom is 0.253 e. The summed E-state index contributed by atoms with van der Waals surface area (Å²) >= 11 is 1.62. The number of thioether (sulfide) groups is 1. The van der Waals surface area contributed by atoms with Crippen LogP contribution in [0.5, 0.6) is 0 Å². The maximum absolute atomic E-state index is 12.5. The Morgan fingerprint density at radius 3 is 2.33 bits per heavy atom. The molecule has 2 aromatic heterocycles. The van der Waals surface area contributed by atoms with Crippen LogP contribution in [0.15, 0.2) is 78.2 Å². The first-order valence-corrected chi connectivity index (χ1v) is 12.0. The first-order valence-electron chi connectivity index (χ1n) is 11.0. The molecule has 168 valence electrons. The van der Waals surface area contributed by atoms with E-state index in [2.05, 4.69) is 57.9 Å². The van der Waals surface area contributed by atoms with Crippen LogP contribution in [-0.2, 0) is 5.75 Å². The van der Waals surface area contributed by atoms with E-state index in [1.807, 2.05) is 43.4 Å². The molecule has 0 saturated heterocycles. The zero-order valence-electron chi connectivity index (χ0n) is 19.1. The summed E-state index contributed by atoms with van der Waals surface area (Å²) in [6, 6.07) is 20.0. The number of carbonyl (C=O) groups excluding carboxylic acids is 1. The van der Waals surface area contributed by atoms with E-state index in [1.54, 1.807) is 29.1 Å². The molecule has 4 rings (SSSR count). The smallest absolute Gasteiger partial charge is 0.253 e. The van der Waals surface area contributed by atoms with Crippen LogP contribution in [0, 0.1) is 6.92 Å². The predicted molar refractivity (Wildman–Crippen MR) is 133 cm³/mol. The van der Waals surface area contributed by atoms with E-state index >= 15 is 0 Å². The Labute approximate surface area is 198 Å². The van der Waals surface area contributed by atoms with Crippen molar-refractivity contribution in [1.29, 1.82) is 0 Å². The molecule has 0 bridgehead atoms. The summed E-state index contributed by atoms with van der Waals surface area (Å²) in [5.41, 5.74) is 5.01. The minimum Gasteiger partial charge on any atom is -0.342 e. The molecule has 0 aliphatic heterocycles. The van der Waals surface area contributed by atoms with Crippen molar-refractivity contribution in [2.24, 2.45) is 0 Å². The second kappa shape index (κ2) is 10.4. The number of pyridine rings is 1. The van der Waals surface area contributed by atoms with E-state index in [4.69, 9.17) is 0 Å². The van der Waals surface area contributed by atoms with Gasteiger partial charge in [-0.15, -0.1) is 10.2 Å². The Morgan fingerprint density at radius 2 is 1.67 bits per heavy atom. The standard InChI is InChI=1S/C26H27N5OS/c1-4-17-30(3)25(32)22-9-7-20(8-10-22)18-33-26-29-28-24(21-13-15-27-16-14-21)31(26)23-11-5-19(2)6-12-23/h5-16H,4,17-18H2,1-3H3. The van der Waals surface area contributed by atoms with Crippen LogP contribution in [0.4, 0.5) is 0 Å². The second-order valence-corrected chi connectivity index (χ2v) is 8.87. The summed E-state index contributed by atoms with van der Waals surface area (Å²) < 4.78 is 2.08. The van der Waals surface area contributed by atoms with Gasteiger partial charge in [0.2, 0.25) is 0 Å². The number of amides is 1. The molecule has 0 radical (unpaired) electrons. The highest BCUT2D eigenvalue weighted by Gasteiger charge is 2.17. The SMILES string of the molecule is CCCN(C)C(=O)c1ccc(CSc2nnc(-c3ccncc3)n2-c2ccc(C)cc2)cc1. The normalized spacial score (nSPS) is 10.9. The molecular formula is C26H27N5OS. The van der Waals surface area contributed by atoms with Crippen molar-refractivity contribution in [3.63, 3.8) is 0 Å². The Balaban J connectivity index is 1.57. The lowest BCUT2D eigenvalue weighted by atomic mass is 10.1. The molecular weight excluding hydrogens is 430 g/mol. The highest BCUT2D eigenvalue weighted by atomic mass is 32.2. The highest BCUT2D eigenvalue weighted by molar-refractivity contribution is 7.98. The third-order valence-corrected chi connectivity index (χ3v) is 6.34. The molecule has 0 aliphatic carbocycles. The number of hydrogen-bond acceptors (Lipinski definition) is 5. The fourth-order valence-corrected chi connectivity index (χ4v) is 4.43. The van der Waals surface area contributed by atoms with Gasteiger partial charge in [0, 0.05) is 48.6 Å². The van der Waals surface area contributed by atoms with E-state index in [9.17, 15) is 4.79 Å². The molecule has 6 nitrogen and oxygen atoms in total. The Hall–Kier alpha value is -3.45. The van der Waals surface area contributed by atoms with Gasteiger partial charge in [0.05, 0.1) is 0 Å². The van der Waals surface area contributed by atoms with E-state index in [0.717, 1.165) is 46.5 Å². The molecule has 0 N–H and O–H groups in total. The summed E-state index contributed by atoms with van der Waals surface area (Å²) in [4.78, 5) is 18.4. The lowest BCUT2D eigenvalue weighted by Gasteiger charge is -2.16. The summed E-state index contributed by atoms with van der Waals surface area (Å²) in [7, 11) is 1.84. The average molecular weight is 458 g/mol. The zero-order chi connectivity index (χ0) is 23.2. The van der Waals surface area contributed by atoms with Crippen molar-refractivity contribution < 1.29 is 4.79 Å². The molecule has 0 fully saturated rings. The van der Waals surface area contributed by atoms with Crippen molar-refractivity contribution in [3.05, 3.63) is 89.7 Å². The molecule has 2 heterocycles. The Kier molecular flexibility index (Phi) is 7.19. The number of aryl methyl sites for hydroxylation is 1. The van der Waals surface area contributed by atoms with E-state index in [0.29, 0.717) is 5.56 Å². The van der Waals surface area contributed by atoms with Crippen molar-refractivity contribution >= 4 is 17.7 Å². The predicted octanol–water partition coefficient (Wildman–Crippen LogP) is 5.41. The quantitative estimate of drug-likeness (QED) is 0.331. The third kappa shape index (κ3) is 5.31. The molecule has 33 heavy (non-hydrogen) atoms. The minimum absolute atomic E-state index is 0.0529. The third-order valence-electron chi connectivity index (χ3n) is 5.34. The average Bonchev–Trinajstić information content (AvgIpc) is 3.28. The molecule has 1 amide bonds. The monoisotopic (exact) mass is 457 g/mol. The second-order valence-electron chi connectivity index (χ2n) is 7.93. The van der Waals surface area contributed by atoms with Gasteiger partial charge < -0.3 is 4.90 Å². The van der Waals surface area contributed by atoms with Gasteiger partial charge in [-0.3, -0.25) is 14.3 Å². The maximum atomic E-state index is 12.5. The van der Waals surface area contributed by atoms with E-state index in [-0.39, 0.29) is 5.91 Å². The topological polar surface area (TPSA) is 63.9 Å². The molecule has 2 aromatic carbocycles. The molecule has 0 unspecified atom stereocenters. The number of benzene rings is 2. The fraction of sp³-hybridized carbons (Fsp3) is 0.231. The van der Waals surface area contributed by atoms with Crippen molar-refractivity contribution in [2.45, 2.75) is 31.2 Å². The molecule has 4 aromatic rings. The van der Waals surface area contributed by atoms with Crippen molar-refractivity contribution in [3.8, 4) is 17.1 Å². The van der Waals surface area contributed by atoms with Gasteiger partial charge in [-0.2, -0.15) is 0 Å². The Morgan fingerprint density at radius 1 is 0.970 bits per heavy atom. The largest absolute Gasteiger partial charge is 0.342 e.